The van der Waals surface area contributed by atoms with Crippen LogP contribution in [0.2, 0.25) is 0 Å². The van der Waals surface area contributed by atoms with Crippen LogP contribution in [-0.2, 0) is 6.54 Å². The molecule has 0 radical (unpaired) electrons. The number of benzene rings is 1. The van der Waals surface area contributed by atoms with E-state index in [1.165, 1.54) is 11.3 Å². The fourth-order valence-electron chi connectivity index (χ4n) is 2.58. The van der Waals surface area contributed by atoms with Crippen LogP contribution in [0, 0.1) is 6.92 Å². The van der Waals surface area contributed by atoms with Crippen molar-refractivity contribution < 1.29 is 4.42 Å². The molecule has 3 nitrogen and oxygen atoms in total. The second-order valence-electron chi connectivity index (χ2n) is 5.30. The Balaban J connectivity index is 1.55. The lowest BCUT2D eigenvalue weighted by atomic mass is 10.2. The van der Waals surface area contributed by atoms with Crippen molar-refractivity contribution in [2.45, 2.75) is 13.5 Å². The van der Waals surface area contributed by atoms with E-state index in [1.807, 2.05) is 12.1 Å². The van der Waals surface area contributed by atoms with Crippen LogP contribution in [0.3, 0.4) is 0 Å². The van der Waals surface area contributed by atoms with Crippen LogP contribution in [-0.4, -0.2) is 31.1 Å². The number of rotatable bonds is 3. The topological polar surface area (TPSA) is 19.6 Å². The predicted molar refractivity (Wildman–Crippen MR) is 85.1 cm³/mol. The Morgan fingerprint density at radius 3 is 2.30 bits per heavy atom. The third-order valence-electron chi connectivity index (χ3n) is 3.78. The van der Waals surface area contributed by atoms with E-state index in [0.717, 1.165) is 43.2 Å². The fraction of sp³-hybridized carbons (Fsp3) is 0.375. The summed E-state index contributed by atoms with van der Waals surface area (Å²) in [5.41, 5.74) is 2.65. The van der Waals surface area contributed by atoms with Gasteiger partial charge in [0, 0.05) is 31.9 Å². The zero-order valence-corrected chi connectivity index (χ0v) is 13.3. The average Bonchev–Trinajstić information content (AvgIpc) is 2.86. The molecule has 0 saturated carbocycles. The van der Waals surface area contributed by atoms with E-state index in [2.05, 4.69) is 56.9 Å². The van der Waals surface area contributed by atoms with Gasteiger partial charge >= 0.3 is 0 Å². The van der Waals surface area contributed by atoms with Crippen LogP contribution in [0.1, 0.15) is 11.3 Å². The largest absolute Gasteiger partial charge is 0.453 e. The minimum Gasteiger partial charge on any atom is -0.453 e. The van der Waals surface area contributed by atoms with Gasteiger partial charge < -0.3 is 9.32 Å². The van der Waals surface area contributed by atoms with Crippen LogP contribution < -0.4 is 4.90 Å². The predicted octanol–water partition coefficient (Wildman–Crippen LogP) is 3.67. The van der Waals surface area contributed by atoms with Crippen molar-refractivity contribution in [1.29, 1.82) is 0 Å². The highest BCUT2D eigenvalue weighted by molar-refractivity contribution is 9.10. The van der Waals surface area contributed by atoms with Crippen molar-refractivity contribution in [1.82, 2.24) is 4.90 Å². The fourth-order valence-corrected chi connectivity index (χ4v) is 2.92. The van der Waals surface area contributed by atoms with Crippen molar-refractivity contribution >= 4 is 21.6 Å². The van der Waals surface area contributed by atoms with Crippen molar-refractivity contribution in [2.75, 3.05) is 31.1 Å². The van der Waals surface area contributed by atoms with Gasteiger partial charge in [-0.2, -0.15) is 0 Å². The smallest absolute Gasteiger partial charge is 0.169 e. The molecule has 0 aliphatic carbocycles. The first-order valence-electron chi connectivity index (χ1n) is 6.99. The zero-order valence-electron chi connectivity index (χ0n) is 11.7. The molecule has 1 fully saturated rings. The highest BCUT2D eigenvalue weighted by atomic mass is 79.9. The van der Waals surface area contributed by atoms with E-state index in [9.17, 15) is 0 Å². The summed E-state index contributed by atoms with van der Waals surface area (Å²) < 4.78 is 6.38. The number of hydrogen-bond acceptors (Lipinski definition) is 3. The maximum atomic E-state index is 5.57. The van der Waals surface area contributed by atoms with E-state index in [0.29, 0.717) is 0 Å². The van der Waals surface area contributed by atoms with E-state index in [-0.39, 0.29) is 0 Å². The molecule has 1 aromatic carbocycles. The minimum atomic E-state index is 0.811. The van der Waals surface area contributed by atoms with Crippen LogP contribution in [0.5, 0.6) is 0 Å². The van der Waals surface area contributed by atoms with Crippen LogP contribution in [0.15, 0.2) is 45.5 Å². The molecule has 2 aromatic rings. The van der Waals surface area contributed by atoms with Crippen LogP contribution >= 0.6 is 15.9 Å². The number of piperazine rings is 1. The van der Waals surface area contributed by atoms with Gasteiger partial charge in [0.15, 0.2) is 4.67 Å². The van der Waals surface area contributed by atoms with Gasteiger partial charge in [0.05, 0.1) is 6.54 Å². The number of halogens is 1. The van der Waals surface area contributed by atoms with E-state index < -0.39 is 0 Å². The van der Waals surface area contributed by atoms with Gasteiger partial charge in [-0.05, 0) is 47.1 Å². The molecule has 0 bridgehead atoms. The van der Waals surface area contributed by atoms with Crippen LogP contribution in [0.4, 0.5) is 5.69 Å². The summed E-state index contributed by atoms with van der Waals surface area (Å²) >= 11 is 3.35. The summed E-state index contributed by atoms with van der Waals surface area (Å²) in [6.07, 6.45) is 0. The summed E-state index contributed by atoms with van der Waals surface area (Å²) in [6, 6.07) is 12.8. The monoisotopic (exact) mass is 334 g/mol. The third kappa shape index (κ3) is 3.25. The number of nitrogens with zero attached hydrogens (tertiary/aromatic N) is 2. The maximum absolute atomic E-state index is 5.57. The molecule has 3 rings (SSSR count). The average molecular weight is 335 g/mol. The molecular weight excluding hydrogens is 316 g/mol. The lowest BCUT2D eigenvalue weighted by Gasteiger charge is -2.35. The highest BCUT2D eigenvalue weighted by Gasteiger charge is 2.18. The Bertz CT molecular complexity index is 556. The minimum absolute atomic E-state index is 0.811. The molecule has 20 heavy (non-hydrogen) atoms. The van der Waals surface area contributed by atoms with Gasteiger partial charge in [0.25, 0.3) is 0 Å². The van der Waals surface area contributed by atoms with Gasteiger partial charge in [-0.3, -0.25) is 4.90 Å². The molecule has 0 N–H and O–H groups in total. The van der Waals surface area contributed by atoms with Crippen LogP contribution in [0.25, 0.3) is 0 Å². The summed E-state index contributed by atoms with van der Waals surface area (Å²) in [4.78, 5) is 4.89. The number of hydrogen-bond donors (Lipinski definition) is 0. The van der Waals surface area contributed by atoms with Gasteiger partial charge in [0.1, 0.15) is 5.76 Å². The standard InChI is InChI=1S/C16H19BrN2O/c1-13-2-4-14(5-3-13)19-10-8-18(9-11-19)12-15-6-7-16(17)20-15/h2-7H,8-12H2,1H3. The van der Waals surface area contributed by atoms with Crippen molar-refractivity contribution in [2.24, 2.45) is 0 Å². The normalized spacial score (nSPS) is 16.6. The molecule has 1 saturated heterocycles. The summed E-state index contributed by atoms with van der Waals surface area (Å²) in [5.74, 6) is 1.03. The molecule has 2 heterocycles. The van der Waals surface area contributed by atoms with Gasteiger partial charge in [0.2, 0.25) is 0 Å². The summed E-state index contributed by atoms with van der Waals surface area (Å²) in [5, 5.41) is 0. The Kier molecular flexibility index (Phi) is 4.13. The molecule has 106 valence electrons. The lowest BCUT2D eigenvalue weighted by molar-refractivity contribution is 0.229. The second kappa shape index (κ2) is 6.02. The third-order valence-corrected chi connectivity index (χ3v) is 4.21. The van der Waals surface area contributed by atoms with E-state index in [1.54, 1.807) is 0 Å². The molecule has 1 aliphatic rings. The van der Waals surface area contributed by atoms with E-state index >= 15 is 0 Å². The van der Waals surface area contributed by atoms with Crippen molar-refractivity contribution in [3.05, 3.63) is 52.4 Å². The summed E-state index contributed by atoms with van der Waals surface area (Å²) in [7, 11) is 0. The zero-order chi connectivity index (χ0) is 13.9. The van der Waals surface area contributed by atoms with Gasteiger partial charge in [-0.1, -0.05) is 17.7 Å². The Labute approximate surface area is 128 Å². The first-order chi connectivity index (χ1) is 9.70. The molecule has 0 atom stereocenters. The summed E-state index contributed by atoms with van der Waals surface area (Å²) in [6.45, 7) is 7.32. The lowest BCUT2D eigenvalue weighted by Crippen LogP contribution is -2.45. The maximum Gasteiger partial charge on any atom is 0.169 e. The Hall–Kier alpha value is -1.26. The molecule has 4 heteroatoms. The second-order valence-corrected chi connectivity index (χ2v) is 6.09. The molecule has 1 aromatic heterocycles. The SMILES string of the molecule is Cc1ccc(N2CCN(Cc3ccc(Br)o3)CC2)cc1. The molecular formula is C16H19BrN2O. The first kappa shape index (κ1) is 13.7. The molecule has 0 amide bonds. The Morgan fingerprint density at radius 1 is 1.00 bits per heavy atom. The quantitative estimate of drug-likeness (QED) is 0.853. The van der Waals surface area contributed by atoms with Crippen molar-refractivity contribution in [3.8, 4) is 0 Å². The highest BCUT2D eigenvalue weighted by Crippen LogP contribution is 2.19. The molecule has 0 unspecified atom stereocenters. The van der Waals surface area contributed by atoms with Gasteiger partial charge in [-0.25, -0.2) is 0 Å². The number of furan rings is 1. The first-order valence-corrected chi connectivity index (χ1v) is 7.78. The number of anilines is 1. The van der Waals surface area contributed by atoms with Crippen molar-refractivity contribution in [3.63, 3.8) is 0 Å². The molecule has 0 spiro atoms. The van der Waals surface area contributed by atoms with E-state index in [4.69, 9.17) is 4.42 Å². The Morgan fingerprint density at radius 2 is 1.70 bits per heavy atom. The van der Waals surface area contributed by atoms with Gasteiger partial charge in [-0.15, -0.1) is 0 Å². The number of aryl methyl sites for hydroxylation is 1. The molecule has 1 aliphatic heterocycles.